The highest BCUT2D eigenvalue weighted by Gasteiger charge is 2.17. The molecule has 0 saturated heterocycles. The summed E-state index contributed by atoms with van der Waals surface area (Å²) in [5, 5.41) is 4.82. The van der Waals surface area contributed by atoms with Crippen LogP contribution in [0.1, 0.15) is 0 Å². The third kappa shape index (κ3) is 4.05. The van der Waals surface area contributed by atoms with Gasteiger partial charge in [0.1, 0.15) is 0 Å². The molecule has 8 aromatic rings. The molecule has 0 aliphatic rings. The van der Waals surface area contributed by atoms with E-state index in [9.17, 15) is 0 Å². The first-order valence-corrected chi connectivity index (χ1v) is 13.7. The Morgan fingerprint density at radius 1 is 0.366 bits per heavy atom. The van der Waals surface area contributed by atoms with Gasteiger partial charge in [-0.15, -0.1) is 0 Å². The Hall–Kier alpha value is -5.61. The predicted octanol–water partition coefficient (Wildman–Crippen LogP) is 9.12. The first-order valence-electron chi connectivity index (χ1n) is 13.7. The Morgan fingerprint density at radius 2 is 0.878 bits per heavy atom. The fourth-order valence-corrected chi connectivity index (χ4v) is 5.63. The number of hydrogen-bond donors (Lipinski definition) is 0. The number of para-hydroxylation sites is 2. The van der Waals surface area contributed by atoms with Crippen LogP contribution in [-0.2, 0) is 0 Å². The topological polar surface area (TPSA) is 43.6 Å². The third-order valence-corrected chi connectivity index (χ3v) is 7.66. The van der Waals surface area contributed by atoms with E-state index in [1.54, 1.807) is 0 Å². The highest BCUT2D eigenvalue weighted by atomic mass is 15.2. The molecular weight excluding hydrogens is 500 g/mol. The molecule has 2 aromatic heterocycles. The standard InChI is InChI=1S/C37H24N4/c1-2-11-27(12-3-1)35-38-36(28-21-18-26(19-22-28)30-23-20-25-10-4-5-13-29(25)24-30)40-37(39-35)41-33-16-8-6-14-31(33)32-15-7-9-17-34(32)41/h1-24H. The molecule has 0 N–H and O–H groups in total. The van der Waals surface area contributed by atoms with E-state index in [1.165, 1.54) is 27.1 Å². The summed E-state index contributed by atoms with van der Waals surface area (Å²) in [5.74, 6) is 1.89. The van der Waals surface area contributed by atoms with Crippen molar-refractivity contribution < 1.29 is 0 Å². The van der Waals surface area contributed by atoms with Crippen molar-refractivity contribution in [1.29, 1.82) is 0 Å². The second-order valence-electron chi connectivity index (χ2n) is 10.2. The minimum absolute atomic E-state index is 0.602. The summed E-state index contributed by atoms with van der Waals surface area (Å²) in [6.45, 7) is 0. The van der Waals surface area contributed by atoms with Gasteiger partial charge >= 0.3 is 0 Å². The first kappa shape index (κ1) is 23.3. The Morgan fingerprint density at radius 3 is 1.56 bits per heavy atom. The molecule has 0 atom stereocenters. The molecule has 41 heavy (non-hydrogen) atoms. The average molecular weight is 525 g/mol. The Balaban J connectivity index is 1.30. The maximum absolute atomic E-state index is 5.06. The third-order valence-electron chi connectivity index (χ3n) is 7.66. The lowest BCUT2D eigenvalue weighted by molar-refractivity contribution is 0.953. The van der Waals surface area contributed by atoms with Crippen LogP contribution in [0.4, 0.5) is 0 Å². The number of benzene rings is 6. The number of hydrogen-bond acceptors (Lipinski definition) is 3. The second-order valence-corrected chi connectivity index (χ2v) is 10.2. The van der Waals surface area contributed by atoms with Gasteiger partial charge in [-0.1, -0.05) is 127 Å². The van der Waals surface area contributed by atoms with Gasteiger partial charge in [0.2, 0.25) is 5.95 Å². The Kier molecular flexibility index (Phi) is 5.42. The van der Waals surface area contributed by atoms with Crippen molar-refractivity contribution in [1.82, 2.24) is 19.5 Å². The number of nitrogens with zero attached hydrogens (tertiary/aromatic N) is 4. The van der Waals surface area contributed by atoms with Crippen LogP contribution in [0.5, 0.6) is 0 Å². The molecule has 192 valence electrons. The maximum Gasteiger partial charge on any atom is 0.238 e. The summed E-state index contributed by atoms with van der Waals surface area (Å²) in [7, 11) is 0. The fourth-order valence-electron chi connectivity index (χ4n) is 5.63. The van der Waals surface area contributed by atoms with Gasteiger partial charge in [0.05, 0.1) is 11.0 Å². The van der Waals surface area contributed by atoms with E-state index in [0.29, 0.717) is 17.6 Å². The molecule has 6 aromatic carbocycles. The normalized spacial score (nSPS) is 11.4. The van der Waals surface area contributed by atoms with Gasteiger partial charge in [0.25, 0.3) is 0 Å². The van der Waals surface area contributed by atoms with E-state index >= 15 is 0 Å². The fraction of sp³-hybridized carbons (Fsp3) is 0. The molecule has 0 fully saturated rings. The van der Waals surface area contributed by atoms with Crippen molar-refractivity contribution in [3.8, 4) is 39.9 Å². The highest BCUT2D eigenvalue weighted by molar-refractivity contribution is 6.09. The van der Waals surface area contributed by atoms with Crippen molar-refractivity contribution in [3.63, 3.8) is 0 Å². The van der Waals surface area contributed by atoms with E-state index in [2.05, 4.69) is 120 Å². The summed E-state index contributed by atoms with van der Waals surface area (Å²) >= 11 is 0. The van der Waals surface area contributed by atoms with Crippen LogP contribution < -0.4 is 0 Å². The zero-order chi connectivity index (χ0) is 27.2. The molecule has 8 rings (SSSR count). The molecule has 0 spiro atoms. The van der Waals surface area contributed by atoms with Crippen LogP contribution in [0.15, 0.2) is 146 Å². The van der Waals surface area contributed by atoms with Gasteiger partial charge in [0.15, 0.2) is 11.6 Å². The van der Waals surface area contributed by atoms with E-state index in [1.807, 2.05) is 30.3 Å². The lowest BCUT2D eigenvalue weighted by Crippen LogP contribution is -2.06. The Labute approximate surface area is 237 Å². The molecule has 0 aliphatic carbocycles. The molecule has 0 bridgehead atoms. The van der Waals surface area contributed by atoms with Gasteiger partial charge in [-0.3, -0.25) is 4.57 Å². The van der Waals surface area contributed by atoms with Gasteiger partial charge < -0.3 is 0 Å². The van der Waals surface area contributed by atoms with Crippen molar-refractivity contribution >= 4 is 32.6 Å². The average Bonchev–Trinajstić information content (AvgIpc) is 3.39. The molecule has 0 unspecified atom stereocenters. The van der Waals surface area contributed by atoms with Crippen LogP contribution in [0.3, 0.4) is 0 Å². The van der Waals surface area contributed by atoms with Gasteiger partial charge in [-0.2, -0.15) is 9.97 Å². The molecule has 0 aliphatic heterocycles. The van der Waals surface area contributed by atoms with E-state index in [4.69, 9.17) is 15.0 Å². The molecule has 2 heterocycles. The Bertz CT molecular complexity index is 2140. The number of aromatic nitrogens is 4. The minimum Gasteiger partial charge on any atom is -0.278 e. The van der Waals surface area contributed by atoms with E-state index in [0.717, 1.165) is 27.7 Å². The number of rotatable bonds is 4. The van der Waals surface area contributed by atoms with Crippen molar-refractivity contribution in [2.24, 2.45) is 0 Å². The first-order chi connectivity index (χ1) is 20.3. The number of fused-ring (bicyclic) bond motifs is 4. The lowest BCUT2D eigenvalue weighted by atomic mass is 10.0. The summed E-state index contributed by atoms with van der Waals surface area (Å²) in [4.78, 5) is 15.0. The summed E-state index contributed by atoms with van der Waals surface area (Å²) in [6.07, 6.45) is 0. The molecule has 0 amide bonds. The SMILES string of the molecule is c1ccc(-c2nc(-c3ccc(-c4ccc5ccccc5c4)cc3)nc(-n3c4ccccc4c4ccccc43)n2)cc1. The van der Waals surface area contributed by atoms with Gasteiger partial charge in [-0.25, -0.2) is 4.98 Å². The van der Waals surface area contributed by atoms with E-state index in [-0.39, 0.29) is 0 Å². The monoisotopic (exact) mass is 524 g/mol. The van der Waals surface area contributed by atoms with Gasteiger partial charge in [0, 0.05) is 21.9 Å². The second kappa shape index (κ2) is 9.54. The zero-order valence-electron chi connectivity index (χ0n) is 22.1. The molecule has 0 radical (unpaired) electrons. The lowest BCUT2D eigenvalue weighted by Gasteiger charge is -2.11. The predicted molar refractivity (Wildman–Crippen MR) is 168 cm³/mol. The molecule has 4 nitrogen and oxygen atoms in total. The van der Waals surface area contributed by atoms with Crippen LogP contribution in [-0.4, -0.2) is 19.5 Å². The highest BCUT2D eigenvalue weighted by Crippen LogP contribution is 2.32. The van der Waals surface area contributed by atoms with Crippen molar-refractivity contribution in [3.05, 3.63) is 146 Å². The minimum atomic E-state index is 0.602. The van der Waals surface area contributed by atoms with Crippen molar-refractivity contribution in [2.75, 3.05) is 0 Å². The molecule has 4 heteroatoms. The summed E-state index contributed by atoms with van der Waals surface area (Å²) in [5.41, 5.74) is 6.36. The smallest absolute Gasteiger partial charge is 0.238 e. The largest absolute Gasteiger partial charge is 0.278 e. The van der Waals surface area contributed by atoms with Crippen LogP contribution in [0, 0.1) is 0 Å². The van der Waals surface area contributed by atoms with Crippen LogP contribution >= 0.6 is 0 Å². The van der Waals surface area contributed by atoms with Crippen LogP contribution in [0.2, 0.25) is 0 Å². The van der Waals surface area contributed by atoms with Crippen molar-refractivity contribution in [2.45, 2.75) is 0 Å². The maximum atomic E-state index is 5.06. The molecule has 0 saturated carbocycles. The molecular formula is C37H24N4. The summed E-state index contributed by atoms with van der Waals surface area (Å²) in [6, 6.07) is 50.4. The van der Waals surface area contributed by atoms with Gasteiger partial charge in [-0.05, 0) is 40.1 Å². The van der Waals surface area contributed by atoms with Crippen LogP contribution in [0.25, 0.3) is 72.4 Å². The summed E-state index contributed by atoms with van der Waals surface area (Å²) < 4.78 is 2.14. The quantitative estimate of drug-likeness (QED) is 0.231. The zero-order valence-corrected chi connectivity index (χ0v) is 22.1. The van der Waals surface area contributed by atoms with E-state index < -0.39 is 0 Å².